The fraction of sp³-hybridized carbons (Fsp3) is 0.235. The Morgan fingerprint density at radius 2 is 2.19 bits per heavy atom. The first-order valence-electron chi connectivity index (χ1n) is 6.82. The van der Waals surface area contributed by atoms with Crippen LogP contribution >= 0.6 is 11.3 Å². The standard InChI is InChI=1S/C17H15NO2S/c19-9-3-4-13-10-15(21-12-13)11-18-8-7-14-5-1-2-6-16(14)17(18)20/h1-2,5-6,10,12,19H,7-9,11H2. The molecule has 0 unspecified atom stereocenters. The van der Waals surface area contributed by atoms with Gasteiger partial charge in [0.15, 0.2) is 0 Å². The summed E-state index contributed by atoms with van der Waals surface area (Å²) in [6.45, 7) is 1.25. The first-order chi connectivity index (χ1) is 10.3. The van der Waals surface area contributed by atoms with Gasteiger partial charge in [-0.2, -0.15) is 0 Å². The van der Waals surface area contributed by atoms with Gasteiger partial charge < -0.3 is 10.0 Å². The van der Waals surface area contributed by atoms with Crippen LogP contribution in [0.3, 0.4) is 0 Å². The average Bonchev–Trinajstić information content (AvgIpc) is 2.96. The van der Waals surface area contributed by atoms with Gasteiger partial charge in [0, 0.05) is 27.9 Å². The van der Waals surface area contributed by atoms with Crippen molar-refractivity contribution < 1.29 is 9.90 Å². The van der Waals surface area contributed by atoms with Crippen LogP contribution < -0.4 is 0 Å². The Morgan fingerprint density at radius 3 is 3.05 bits per heavy atom. The molecular formula is C17H15NO2S. The highest BCUT2D eigenvalue weighted by Crippen LogP contribution is 2.22. The Bertz CT molecular complexity index is 724. The molecule has 3 nitrogen and oxygen atoms in total. The molecule has 0 aliphatic carbocycles. The SMILES string of the molecule is O=C1c2ccccc2CCN1Cc1cc(C#CCO)cs1. The third kappa shape index (κ3) is 2.99. The molecular weight excluding hydrogens is 282 g/mol. The maximum atomic E-state index is 12.5. The predicted molar refractivity (Wildman–Crippen MR) is 83.2 cm³/mol. The van der Waals surface area contributed by atoms with Crippen molar-refractivity contribution in [2.45, 2.75) is 13.0 Å². The van der Waals surface area contributed by atoms with Gasteiger partial charge in [0.1, 0.15) is 6.61 Å². The molecule has 0 radical (unpaired) electrons. The predicted octanol–water partition coefficient (Wildman–Crippen LogP) is 2.29. The molecule has 1 aromatic heterocycles. The molecule has 1 amide bonds. The molecule has 0 atom stereocenters. The molecule has 2 heterocycles. The number of benzene rings is 1. The number of nitrogens with zero attached hydrogens (tertiary/aromatic N) is 1. The number of fused-ring (bicyclic) bond motifs is 1. The second-order valence-corrected chi connectivity index (χ2v) is 5.89. The van der Waals surface area contributed by atoms with Crippen LogP contribution in [0, 0.1) is 11.8 Å². The monoisotopic (exact) mass is 297 g/mol. The smallest absolute Gasteiger partial charge is 0.254 e. The molecule has 0 spiro atoms. The van der Waals surface area contributed by atoms with Crippen molar-refractivity contribution in [1.29, 1.82) is 0 Å². The highest BCUT2D eigenvalue weighted by molar-refractivity contribution is 7.10. The van der Waals surface area contributed by atoms with E-state index in [-0.39, 0.29) is 12.5 Å². The number of carbonyl (C=O) groups excluding carboxylic acids is 1. The molecule has 3 rings (SSSR count). The first kappa shape index (κ1) is 13.9. The lowest BCUT2D eigenvalue weighted by molar-refractivity contribution is 0.0729. The van der Waals surface area contributed by atoms with Crippen molar-refractivity contribution in [2.24, 2.45) is 0 Å². The zero-order valence-electron chi connectivity index (χ0n) is 11.5. The van der Waals surface area contributed by atoms with E-state index in [4.69, 9.17) is 5.11 Å². The molecule has 1 aliphatic rings. The van der Waals surface area contributed by atoms with Crippen LogP contribution in [-0.2, 0) is 13.0 Å². The quantitative estimate of drug-likeness (QED) is 0.864. The third-order valence-corrected chi connectivity index (χ3v) is 4.42. The van der Waals surface area contributed by atoms with E-state index in [0.29, 0.717) is 6.54 Å². The zero-order valence-corrected chi connectivity index (χ0v) is 12.3. The fourth-order valence-electron chi connectivity index (χ4n) is 2.48. The minimum absolute atomic E-state index is 0.105. The molecule has 106 valence electrons. The van der Waals surface area contributed by atoms with E-state index in [0.717, 1.165) is 34.5 Å². The summed E-state index contributed by atoms with van der Waals surface area (Å²) < 4.78 is 0. The van der Waals surface area contributed by atoms with E-state index in [2.05, 4.69) is 11.8 Å². The molecule has 0 bridgehead atoms. The molecule has 4 heteroatoms. The maximum Gasteiger partial charge on any atom is 0.254 e. The minimum Gasteiger partial charge on any atom is -0.384 e. The topological polar surface area (TPSA) is 40.5 Å². The Kier molecular flexibility index (Phi) is 4.05. The van der Waals surface area contributed by atoms with Crippen LogP contribution in [0.5, 0.6) is 0 Å². The van der Waals surface area contributed by atoms with E-state index < -0.39 is 0 Å². The van der Waals surface area contributed by atoms with Gasteiger partial charge in [-0.3, -0.25) is 4.79 Å². The lowest BCUT2D eigenvalue weighted by Crippen LogP contribution is -2.36. The van der Waals surface area contributed by atoms with Gasteiger partial charge in [-0.05, 0) is 24.1 Å². The van der Waals surface area contributed by atoms with Crippen molar-refractivity contribution in [3.05, 3.63) is 57.3 Å². The number of hydrogen-bond acceptors (Lipinski definition) is 3. The minimum atomic E-state index is -0.132. The largest absolute Gasteiger partial charge is 0.384 e. The van der Waals surface area contributed by atoms with Gasteiger partial charge in [0.2, 0.25) is 0 Å². The Balaban J connectivity index is 1.74. The summed E-state index contributed by atoms with van der Waals surface area (Å²) in [5, 5.41) is 10.7. The molecule has 1 aliphatic heterocycles. The van der Waals surface area contributed by atoms with E-state index in [1.807, 2.05) is 40.6 Å². The highest BCUT2D eigenvalue weighted by Gasteiger charge is 2.23. The van der Waals surface area contributed by atoms with Crippen LogP contribution in [0.2, 0.25) is 0 Å². The van der Waals surface area contributed by atoms with Crippen molar-refractivity contribution in [1.82, 2.24) is 4.90 Å². The molecule has 21 heavy (non-hydrogen) atoms. The van der Waals surface area contributed by atoms with Gasteiger partial charge in [-0.1, -0.05) is 30.0 Å². The summed E-state index contributed by atoms with van der Waals surface area (Å²) in [7, 11) is 0. The molecule has 1 N–H and O–H groups in total. The Hall–Kier alpha value is -2.09. The van der Waals surface area contributed by atoms with Crippen molar-refractivity contribution in [3.8, 4) is 11.8 Å². The second-order valence-electron chi connectivity index (χ2n) is 4.90. The number of hydrogen-bond donors (Lipinski definition) is 1. The number of aliphatic hydroxyl groups excluding tert-OH is 1. The van der Waals surface area contributed by atoms with E-state index in [9.17, 15) is 4.79 Å². The van der Waals surface area contributed by atoms with Gasteiger partial charge in [-0.25, -0.2) is 0 Å². The zero-order chi connectivity index (χ0) is 14.7. The highest BCUT2D eigenvalue weighted by atomic mass is 32.1. The van der Waals surface area contributed by atoms with E-state index in [1.165, 1.54) is 0 Å². The van der Waals surface area contributed by atoms with Crippen LogP contribution in [-0.4, -0.2) is 29.1 Å². The lowest BCUT2D eigenvalue weighted by atomic mass is 9.99. The van der Waals surface area contributed by atoms with Crippen molar-refractivity contribution in [2.75, 3.05) is 13.2 Å². The Morgan fingerprint density at radius 1 is 1.33 bits per heavy atom. The summed E-state index contributed by atoms with van der Waals surface area (Å²) in [5.74, 6) is 5.63. The number of amides is 1. The number of carbonyl (C=O) groups is 1. The van der Waals surface area contributed by atoms with E-state index in [1.54, 1.807) is 11.3 Å². The number of aliphatic hydroxyl groups is 1. The Labute approximate surface area is 127 Å². The summed E-state index contributed by atoms with van der Waals surface area (Å²) in [5.41, 5.74) is 2.86. The molecule has 1 aromatic carbocycles. The molecule has 0 saturated heterocycles. The third-order valence-electron chi connectivity index (χ3n) is 3.50. The second kappa shape index (κ2) is 6.13. The average molecular weight is 297 g/mol. The number of rotatable bonds is 2. The lowest BCUT2D eigenvalue weighted by Gasteiger charge is -2.28. The van der Waals surface area contributed by atoms with Gasteiger partial charge >= 0.3 is 0 Å². The molecule has 0 fully saturated rings. The van der Waals surface area contributed by atoms with Crippen molar-refractivity contribution in [3.63, 3.8) is 0 Å². The molecule has 2 aromatic rings. The summed E-state index contributed by atoms with van der Waals surface area (Å²) in [4.78, 5) is 15.5. The normalized spacial score (nSPS) is 13.6. The van der Waals surface area contributed by atoms with Gasteiger partial charge in [-0.15, -0.1) is 11.3 Å². The fourth-order valence-corrected chi connectivity index (χ4v) is 3.31. The van der Waals surface area contributed by atoms with E-state index >= 15 is 0 Å². The van der Waals surface area contributed by atoms with Crippen LogP contribution in [0.4, 0.5) is 0 Å². The molecule has 0 saturated carbocycles. The van der Waals surface area contributed by atoms with Crippen molar-refractivity contribution >= 4 is 17.2 Å². The van der Waals surface area contributed by atoms with Crippen LogP contribution in [0.1, 0.15) is 26.4 Å². The number of thiophene rings is 1. The summed E-state index contributed by atoms with van der Waals surface area (Å²) in [6.07, 6.45) is 0.907. The first-order valence-corrected chi connectivity index (χ1v) is 7.70. The van der Waals surface area contributed by atoms with Gasteiger partial charge in [0.05, 0.1) is 6.54 Å². The van der Waals surface area contributed by atoms with Crippen LogP contribution in [0.15, 0.2) is 35.7 Å². The summed E-state index contributed by atoms with van der Waals surface area (Å²) >= 11 is 1.60. The van der Waals surface area contributed by atoms with Gasteiger partial charge in [0.25, 0.3) is 5.91 Å². The summed E-state index contributed by atoms with van der Waals surface area (Å²) in [6, 6.07) is 9.80. The maximum absolute atomic E-state index is 12.5. The van der Waals surface area contributed by atoms with Crippen LogP contribution in [0.25, 0.3) is 0 Å².